The summed E-state index contributed by atoms with van der Waals surface area (Å²) in [6, 6.07) is 17.2. The quantitative estimate of drug-likeness (QED) is 0.221. The molecule has 230 valence electrons. The van der Waals surface area contributed by atoms with E-state index in [4.69, 9.17) is 0 Å². The van der Waals surface area contributed by atoms with E-state index in [1.165, 1.54) is 6.07 Å². The van der Waals surface area contributed by atoms with E-state index in [2.05, 4.69) is 32.7 Å². The van der Waals surface area contributed by atoms with E-state index in [1.807, 2.05) is 48.3 Å². The van der Waals surface area contributed by atoms with E-state index < -0.39 is 29.7 Å². The van der Waals surface area contributed by atoms with Crippen LogP contribution < -0.4 is 15.5 Å². The first-order valence-corrected chi connectivity index (χ1v) is 15.8. The average Bonchev–Trinajstić information content (AvgIpc) is 3.55. The number of hydrogen-bond donors (Lipinski definition) is 3. The van der Waals surface area contributed by atoms with Crippen molar-refractivity contribution in [2.45, 2.75) is 55.1 Å². The van der Waals surface area contributed by atoms with Crippen LogP contribution in [0.1, 0.15) is 23.3 Å². The van der Waals surface area contributed by atoms with Crippen molar-refractivity contribution in [3.63, 3.8) is 0 Å². The second-order valence-corrected chi connectivity index (χ2v) is 13.7. The van der Waals surface area contributed by atoms with Crippen molar-refractivity contribution in [2.75, 3.05) is 38.4 Å². The smallest absolute Gasteiger partial charge is 0.391 e. The molecule has 4 aromatic rings. The lowest BCUT2D eigenvalue weighted by atomic mass is 10.0. The number of fused-ring (bicyclic) bond motifs is 1. The van der Waals surface area contributed by atoms with Crippen LogP contribution in [0.25, 0.3) is 21.3 Å². The zero-order valence-corrected chi connectivity index (χ0v) is 26.0. The van der Waals surface area contributed by atoms with Crippen LogP contribution in [0.4, 0.5) is 24.9 Å². The third-order valence-electron chi connectivity index (χ3n) is 7.60. The maximum Gasteiger partial charge on any atom is 0.393 e. The molecule has 2 aromatic carbocycles. The Morgan fingerprint density at radius 3 is 2.47 bits per heavy atom. The Balaban J connectivity index is 1.25. The predicted molar refractivity (Wildman–Crippen MR) is 167 cm³/mol. The molecule has 0 radical (unpaired) electrons. The molecule has 2 heterocycles. The summed E-state index contributed by atoms with van der Waals surface area (Å²) in [6.07, 6.45) is -4.79. The van der Waals surface area contributed by atoms with Crippen LogP contribution in [0.15, 0.2) is 59.5 Å². The van der Waals surface area contributed by atoms with Gasteiger partial charge in [-0.2, -0.15) is 18.2 Å². The Morgan fingerprint density at radius 2 is 1.79 bits per heavy atom. The van der Waals surface area contributed by atoms with Gasteiger partial charge in [0.2, 0.25) is 5.95 Å². The van der Waals surface area contributed by atoms with E-state index >= 15 is 0 Å². The topological polar surface area (TPSA) is 93.6 Å². The molecule has 1 fully saturated rings. The first-order valence-electron chi connectivity index (χ1n) is 13.9. The van der Waals surface area contributed by atoms with Gasteiger partial charge in [0, 0.05) is 31.6 Å². The third kappa shape index (κ3) is 7.35. The van der Waals surface area contributed by atoms with Crippen molar-refractivity contribution in [1.29, 1.82) is 0 Å². The molecule has 0 saturated heterocycles. The molecule has 1 unspecified atom stereocenters. The first kappa shape index (κ1) is 31.3. The van der Waals surface area contributed by atoms with Crippen molar-refractivity contribution in [3.8, 4) is 11.1 Å². The summed E-state index contributed by atoms with van der Waals surface area (Å²) in [5, 5.41) is 18.0. The fourth-order valence-electron chi connectivity index (χ4n) is 5.43. The van der Waals surface area contributed by atoms with Crippen LogP contribution in [0.2, 0.25) is 0 Å². The van der Waals surface area contributed by atoms with Gasteiger partial charge in [0.1, 0.15) is 21.6 Å². The van der Waals surface area contributed by atoms with E-state index in [9.17, 15) is 22.5 Å². The summed E-state index contributed by atoms with van der Waals surface area (Å²) in [7, 11) is 5.83. The highest BCUT2D eigenvalue weighted by atomic mass is 32.2. The molecule has 0 bridgehead atoms. The highest BCUT2D eigenvalue weighted by molar-refractivity contribution is 7.82. The standard InChI is InChI=1S/C30H35F3N6O2S2/c1-34-29-36-27(24-15-22(16-30(31,32)33)42-28(24)37-29)39(4)25-13-21(14-26(25)40)35-17-18-8-10-19(11-9-18)20-6-5-7-23(12-20)43(41)38(2)3/h5-12,15,21,25-26,35,40H,13-14,16-17H2,1-4H3,(H,34,36,37)/t21-,25+,26-,43?/m1/s1. The van der Waals surface area contributed by atoms with Crippen molar-refractivity contribution < 1.29 is 22.5 Å². The fraction of sp³-hybridized carbons (Fsp3) is 0.400. The molecule has 0 spiro atoms. The Labute approximate surface area is 255 Å². The number of nitrogens with one attached hydrogen (secondary N) is 2. The molecule has 1 saturated carbocycles. The molecule has 3 N–H and O–H groups in total. The largest absolute Gasteiger partial charge is 0.393 e. The van der Waals surface area contributed by atoms with E-state index in [1.54, 1.807) is 25.4 Å². The minimum Gasteiger partial charge on any atom is -0.391 e. The third-order valence-corrected chi connectivity index (χ3v) is 9.95. The Hall–Kier alpha value is -3.10. The van der Waals surface area contributed by atoms with Gasteiger partial charge < -0.3 is 20.6 Å². The summed E-state index contributed by atoms with van der Waals surface area (Å²) in [6.45, 7) is 0.617. The zero-order valence-electron chi connectivity index (χ0n) is 24.4. The normalized spacial score (nSPS) is 19.7. The minimum atomic E-state index is -4.31. The lowest BCUT2D eigenvalue weighted by molar-refractivity contribution is -0.126. The second-order valence-electron chi connectivity index (χ2n) is 10.9. The van der Waals surface area contributed by atoms with Crippen molar-refractivity contribution in [1.82, 2.24) is 19.6 Å². The molecule has 43 heavy (non-hydrogen) atoms. The lowest BCUT2D eigenvalue weighted by Crippen LogP contribution is -2.38. The highest BCUT2D eigenvalue weighted by Gasteiger charge is 2.37. The molecule has 13 heteroatoms. The molecular weight excluding hydrogens is 597 g/mol. The van der Waals surface area contributed by atoms with Crippen LogP contribution in [0.5, 0.6) is 0 Å². The number of aliphatic hydroxyl groups is 1. The summed E-state index contributed by atoms with van der Waals surface area (Å²) in [4.78, 5) is 12.2. The molecule has 8 nitrogen and oxygen atoms in total. The SMILES string of the molecule is CNc1nc(N(C)[C@H]2C[C@@H](NCc3ccc(-c4cccc(S(=O)N(C)C)c4)cc3)C[C@H]2O)c2cc(CC(F)(F)F)sc2n1. The van der Waals surface area contributed by atoms with Crippen molar-refractivity contribution >= 4 is 44.3 Å². The number of anilines is 2. The lowest BCUT2D eigenvalue weighted by Gasteiger charge is -2.29. The van der Waals surface area contributed by atoms with Crippen LogP contribution >= 0.6 is 11.3 Å². The number of likely N-dealkylation sites (N-methyl/N-ethyl adjacent to an activating group) is 1. The van der Waals surface area contributed by atoms with Crippen molar-refractivity contribution in [2.24, 2.45) is 0 Å². The fourth-order valence-corrected chi connectivity index (χ4v) is 7.32. The van der Waals surface area contributed by atoms with Crippen LogP contribution in [-0.4, -0.2) is 76.1 Å². The van der Waals surface area contributed by atoms with Gasteiger partial charge in [-0.15, -0.1) is 11.3 Å². The Kier molecular flexibility index (Phi) is 9.37. The van der Waals surface area contributed by atoms with Gasteiger partial charge in [-0.1, -0.05) is 36.4 Å². The monoisotopic (exact) mass is 632 g/mol. The highest BCUT2D eigenvalue weighted by Crippen LogP contribution is 2.37. The molecule has 4 atom stereocenters. The molecule has 0 aliphatic heterocycles. The second kappa shape index (κ2) is 12.9. The number of halogens is 3. The molecule has 5 rings (SSSR count). The van der Waals surface area contributed by atoms with E-state index in [-0.39, 0.29) is 17.0 Å². The number of aromatic nitrogens is 2. The first-order chi connectivity index (χ1) is 20.4. The van der Waals surface area contributed by atoms with Crippen LogP contribution in [0.3, 0.4) is 0 Å². The number of benzene rings is 2. The molecule has 2 aromatic heterocycles. The minimum absolute atomic E-state index is 0.0455. The summed E-state index contributed by atoms with van der Waals surface area (Å²) in [5.74, 6) is 0.816. The summed E-state index contributed by atoms with van der Waals surface area (Å²) < 4.78 is 53.3. The zero-order chi connectivity index (χ0) is 30.9. The van der Waals surface area contributed by atoms with Crippen molar-refractivity contribution in [3.05, 3.63) is 65.0 Å². The Morgan fingerprint density at radius 1 is 1.05 bits per heavy atom. The van der Waals surface area contributed by atoms with Gasteiger partial charge in [-0.25, -0.2) is 13.5 Å². The number of aliphatic hydroxyl groups excluding tert-OH is 1. The predicted octanol–water partition coefficient (Wildman–Crippen LogP) is 5.21. The summed E-state index contributed by atoms with van der Waals surface area (Å²) in [5.41, 5.74) is 3.12. The average molecular weight is 633 g/mol. The molecule has 1 aliphatic carbocycles. The van der Waals surface area contributed by atoms with Gasteiger partial charge in [-0.3, -0.25) is 0 Å². The number of rotatable bonds is 10. The van der Waals surface area contributed by atoms with Gasteiger partial charge >= 0.3 is 6.18 Å². The van der Waals surface area contributed by atoms with Gasteiger partial charge in [0.15, 0.2) is 0 Å². The number of thiophene rings is 1. The maximum absolute atomic E-state index is 13.1. The maximum atomic E-state index is 13.1. The van der Waals surface area contributed by atoms with Crippen LogP contribution in [-0.2, 0) is 24.0 Å². The Bertz CT molecular complexity index is 1600. The van der Waals surface area contributed by atoms with E-state index in [0.29, 0.717) is 41.4 Å². The number of nitrogens with zero attached hydrogens (tertiary/aromatic N) is 4. The van der Waals surface area contributed by atoms with E-state index in [0.717, 1.165) is 32.9 Å². The summed E-state index contributed by atoms with van der Waals surface area (Å²) >= 11 is 1.01. The van der Waals surface area contributed by atoms with Gasteiger partial charge in [-0.05, 0) is 61.8 Å². The number of alkyl halides is 3. The van der Waals surface area contributed by atoms with Gasteiger partial charge in [0.05, 0.1) is 28.8 Å². The molecule has 1 aliphatic rings. The number of hydrogen-bond acceptors (Lipinski definition) is 8. The van der Waals surface area contributed by atoms with Gasteiger partial charge in [0.25, 0.3) is 0 Å². The molecule has 0 amide bonds. The molecular formula is C30H35F3N6O2S2. The van der Waals surface area contributed by atoms with Crippen LogP contribution in [0, 0.1) is 0 Å².